The molecule has 144 valence electrons. The number of aryl methyl sites for hydroxylation is 1. The average Bonchev–Trinajstić information content (AvgIpc) is 2.69. The predicted molar refractivity (Wildman–Crippen MR) is 104 cm³/mol. The molecule has 0 aliphatic heterocycles. The number of nitrogens with zero attached hydrogens (tertiary/aromatic N) is 3. The zero-order chi connectivity index (χ0) is 20.5. The molecule has 4 aromatic rings. The molecule has 1 amide bonds. The van der Waals surface area contributed by atoms with E-state index in [4.69, 9.17) is 0 Å². The number of hydrogen-bond acceptors (Lipinski definition) is 4. The van der Waals surface area contributed by atoms with Crippen molar-refractivity contribution in [3.8, 4) is 5.69 Å². The fourth-order valence-corrected chi connectivity index (χ4v) is 2.99. The zero-order valence-corrected chi connectivity index (χ0v) is 15.2. The second-order valence-corrected chi connectivity index (χ2v) is 6.30. The maximum absolute atomic E-state index is 13.8. The Labute approximate surface area is 163 Å². The normalized spacial score (nSPS) is 10.9. The zero-order valence-electron chi connectivity index (χ0n) is 15.2. The highest BCUT2D eigenvalue weighted by molar-refractivity contribution is 6.04. The maximum Gasteiger partial charge on any atom is 0.267 e. The minimum absolute atomic E-state index is 0.259. The van der Waals surface area contributed by atoms with Gasteiger partial charge in [-0.1, -0.05) is 0 Å². The Hall–Kier alpha value is -3.94. The quantitative estimate of drug-likeness (QED) is 0.578. The van der Waals surface area contributed by atoms with Crippen LogP contribution in [0, 0.1) is 18.6 Å². The topological polar surface area (TPSA) is 76.9 Å². The number of carbonyl (C=O) groups is 1. The van der Waals surface area contributed by atoms with Gasteiger partial charge in [-0.3, -0.25) is 14.2 Å². The number of benzene rings is 2. The molecule has 0 saturated heterocycles. The first-order valence-corrected chi connectivity index (χ1v) is 8.65. The molecule has 0 saturated carbocycles. The summed E-state index contributed by atoms with van der Waals surface area (Å²) in [6.45, 7) is 1.70. The van der Waals surface area contributed by atoms with Gasteiger partial charge in [-0.15, -0.1) is 0 Å². The summed E-state index contributed by atoms with van der Waals surface area (Å²) in [7, 11) is 0. The van der Waals surface area contributed by atoms with Crippen molar-refractivity contribution in [1.82, 2.24) is 14.5 Å². The molecule has 2 heterocycles. The molecule has 0 bridgehead atoms. The molecule has 0 aliphatic carbocycles. The van der Waals surface area contributed by atoms with Crippen LogP contribution in [-0.4, -0.2) is 20.4 Å². The van der Waals surface area contributed by atoms with Crippen LogP contribution in [0.2, 0.25) is 0 Å². The largest absolute Gasteiger partial charge is 0.322 e. The summed E-state index contributed by atoms with van der Waals surface area (Å²) in [6.07, 6.45) is 1.57. The summed E-state index contributed by atoms with van der Waals surface area (Å²) in [5.74, 6) is -1.95. The van der Waals surface area contributed by atoms with Crippen molar-refractivity contribution in [2.24, 2.45) is 0 Å². The van der Waals surface area contributed by atoms with Gasteiger partial charge >= 0.3 is 0 Å². The van der Waals surface area contributed by atoms with E-state index in [9.17, 15) is 18.4 Å². The fraction of sp³-hybridized carbons (Fsp3) is 0.0476. The van der Waals surface area contributed by atoms with E-state index in [1.807, 2.05) is 0 Å². The Morgan fingerprint density at radius 2 is 1.83 bits per heavy atom. The van der Waals surface area contributed by atoms with E-state index in [1.165, 1.54) is 4.57 Å². The summed E-state index contributed by atoms with van der Waals surface area (Å²) < 4.78 is 28.2. The Morgan fingerprint density at radius 1 is 1.07 bits per heavy atom. The molecule has 0 aliphatic rings. The Kier molecular flexibility index (Phi) is 4.59. The number of aromatic nitrogens is 3. The minimum atomic E-state index is -0.947. The lowest BCUT2D eigenvalue weighted by Gasteiger charge is -2.12. The van der Waals surface area contributed by atoms with Crippen molar-refractivity contribution in [2.45, 2.75) is 6.92 Å². The third-order valence-electron chi connectivity index (χ3n) is 4.37. The SMILES string of the molecule is Cc1nc2ncccc2c(=O)n1-c1ccc(NC(=O)c2ccc(F)cc2F)cc1. The van der Waals surface area contributed by atoms with Gasteiger partial charge in [-0.25, -0.2) is 18.7 Å². The number of nitrogens with one attached hydrogen (secondary N) is 1. The van der Waals surface area contributed by atoms with E-state index >= 15 is 0 Å². The Balaban J connectivity index is 1.64. The minimum Gasteiger partial charge on any atom is -0.322 e. The highest BCUT2D eigenvalue weighted by Gasteiger charge is 2.14. The molecule has 0 atom stereocenters. The highest BCUT2D eigenvalue weighted by atomic mass is 19.1. The number of pyridine rings is 1. The van der Waals surface area contributed by atoms with Crippen LogP contribution in [0.1, 0.15) is 16.2 Å². The predicted octanol–water partition coefficient (Wildman–Crippen LogP) is 3.62. The van der Waals surface area contributed by atoms with Crippen LogP contribution >= 0.6 is 0 Å². The first-order chi connectivity index (χ1) is 13.9. The van der Waals surface area contributed by atoms with Crippen molar-refractivity contribution in [3.05, 3.63) is 94.2 Å². The fourth-order valence-electron chi connectivity index (χ4n) is 2.99. The summed E-state index contributed by atoms with van der Waals surface area (Å²) in [5, 5.41) is 2.93. The van der Waals surface area contributed by atoms with E-state index in [-0.39, 0.29) is 11.1 Å². The molecule has 0 radical (unpaired) electrons. The lowest BCUT2D eigenvalue weighted by molar-refractivity contribution is 0.102. The number of amides is 1. The van der Waals surface area contributed by atoms with E-state index in [0.717, 1.165) is 12.1 Å². The van der Waals surface area contributed by atoms with Crippen molar-refractivity contribution in [1.29, 1.82) is 0 Å². The molecule has 0 unspecified atom stereocenters. The first kappa shape index (κ1) is 18.4. The molecule has 8 heteroatoms. The molecule has 0 spiro atoms. The lowest BCUT2D eigenvalue weighted by Crippen LogP contribution is -2.22. The number of rotatable bonds is 3. The molecule has 2 aromatic heterocycles. The molecule has 0 fully saturated rings. The molecule has 29 heavy (non-hydrogen) atoms. The van der Waals surface area contributed by atoms with Crippen LogP contribution in [0.25, 0.3) is 16.7 Å². The lowest BCUT2D eigenvalue weighted by atomic mass is 10.2. The summed E-state index contributed by atoms with van der Waals surface area (Å²) in [4.78, 5) is 33.5. The van der Waals surface area contributed by atoms with Crippen LogP contribution < -0.4 is 10.9 Å². The van der Waals surface area contributed by atoms with Crippen molar-refractivity contribution < 1.29 is 13.6 Å². The van der Waals surface area contributed by atoms with E-state index in [1.54, 1.807) is 49.5 Å². The van der Waals surface area contributed by atoms with Gasteiger partial charge in [0.1, 0.15) is 17.5 Å². The first-order valence-electron chi connectivity index (χ1n) is 8.65. The molecular formula is C21H14F2N4O2. The molecule has 1 N–H and O–H groups in total. The third kappa shape index (κ3) is 3.47. The van der Waals surface area contributed by atoms with Gasteiger partial charge in [-0.2, -0.15) is 0 Å². The van der Waals surface area contributed by atoms with Crippen LogP contribution in [-0.2, 0) is 0 Å². The third-order valence-corrected chi connectivity index (χ3v) is 4.37. The van der Waals surface area contributed by atoms with Crippen LogP contribution in [0.15, 0.2) is 65.6 Å². The van der Waals surface area contributed by atoms with Gasteiger partial charge in [0.2, 0.25) is 0 Å². The number of halogens is 2. The van der Waals surface area contributed by atoms with Gasteiger partial charge in [0.05, 0.1) is 16.6 Å². The monoisotopic (exact) mass is 392 g/mol. The number of carbonyl (C=O) groups excluding carboxylic acids is 1. The molecule has 6 nitrogen and oxygen atoms in total. The van der Waals surface area contributed by atoms with Gasteiger partial charge in [-0.05, 0) is 55.5 Å². The second-order valence-electron chi connectivity index (χ2n) is 6.30. The summed E-state index contributed by atoms with van der Waals surface area (Å²) in [5.41, 5.74) is 0.788. The van der Waals surface area contributed by atoms with E-state index in [2.05, 4.69) is 15.3 Å². The number of fused-ring (bicyclic) bond motifs is 1. The van der Waals surface area contributed by atoms with Crippen molar-refractivity contribution in [3.63, 3.8) is 0 Å². The van der Waals surface area contributed by atoms with Gasteiger partial charge in [0, 0.05) is 18.0 Å². The maximum atomic E-state index is 13.8. The standard InChI is InChI=1S/C21H14F2N4O2/c1-12-25-19-17(3-2-10-24-19)21(29)27(12)15-7-5-14(6-8-15)26-20(28)16-9-4-13(22)11-18(16)23/h2-11H,1H3,(H,26,28). The molecule has 4 rings (SSSR count). The van der Waals surface area contributed by atoms with Crippen LogP contribution in [0.4, 0.5) is 14.5 Å². The Bertz CT molecular complexity index is 1300. The van der Waals surface area contributed by atoms with Gasteiger partial charge in [0.15, 0.2) is 5.65 Å². The van der Waals surface area contributed by atoms with Crippen LogP contribution in [0.3, 0.4) is 0 Å². The second kappa shape index (κ2) is 7.23. The van der Waals surface area contributed by atoms with E-state index in [0.29, 0.717) is 34.3 Å². The summed E-state index contributed by atoms with van der Waals surface area (Å²) >= 11 is 0. The summed E-state index contributed by atoms with van der Waals surface area (Å²) in [6, 6.07) is 12.5. The van der Waals surface area contributed by atoms with Crippen molar-refractivity contribution >= 4 is 22.6 Å². The molecular weight excluding hydrogens is 378 g/mol. The number of hydrogen-bond donors (Lipinski definition) is 1. The van der Waals surface area contributed by atoms with E-state index < -0.39 is 17.5 Å². The Morgan fingerprint density at radius 3 is 2.55 bits per heavy atom. The van der Waals surface area contributed by atoms with Gasteiger partial charge in [0.25, 0.3) is 11.5 Å². The van der Waals surface area contributed by atoms with Crippen molar-refractivity contribution in [2.75, 3.05) is 5.32 Å². The molecule has 2 aromatic carbocycles. The average molecular weight is 392 g/mol. The van der Waals surface area contributed by atoms with Crippen LogP contribution in [0.5, 0.6) is 0 Å². The number of anilines is 1. The van der Waals surface area contributed by atoms with Gasteiger partial charge < -0.3 is 5.32 Å². The highest BCUT2D eigenvalue weighted by Crippen LogP contribution is 2.17. The smallest absolute Gasteiger partial charge is 0.267 e.